The SMILES string of the molecule is CCCNc1nc(-c2ccco2)nc(N2CCOCC2)n1. The van der Waals surface area contributed by atoms with E-state index < -0.39 is 0 Å². The van der Waals surface area contributed by atoms with Gasteiger partial charge < -0.3 is 19.4 Å². The molecule has 0 unspecified atom stereocenters. The fraction of sp³-hybridized carbons (Fsp3) is 0.500. The molecule has 2 aromatic heterocycles. The highest BCUT2D eigenvalue weighted by Gasteiger charge is 2.17. The molecule has 1 aliphatic rings. The molecule has 0 saturated carbocycles. The first kappa shape index (κ1) is 13.8. The maximum absolute atomic E-state index is 5.40. The Balaban J connectivity index is 1.92. The summed E-state index contributed by atoms with van der Waals surface area (Å²) in [6.07, 6.45) is 2.63. The predicted octanol–water partition coefficient (Wildman–Crippen LogP) is 1.79. The summed E-state index contributed by atoms with van der Waals surface area (Å²) >= 11 is 0. The molecule has 0 radical (unpaired) electrons. The van der Waals surface area contributed by atoms with Crippen LogP contribution in [-0.2, 0) is 4.74 Å². The molecule has 1 saturated heterocycles. The number of rotatable bonds is 5. The lowest BCUT2D eigenvalue weighted by molar-refractivity contribution is 0.122. The van der Waals surface area contributed by atoms with Gasteiger partial charge in [0.25, 0.3) is 0 Å². The minimum absolute atomic E-state index is 0.551. The second kappa shape index (κ2) is 6.53. The smallest absolute Gasteiger partial charge is 0.230 e. The zero-order valence-electron chi connectivity index (χ0n) is 12.1. The third kappa shape index (κ3) is 3.30. The van der Waals surface area contributed by atoms with E-state index in [0.717, 1.165) is 26.1 Å². The van der Waals surface area contributed by atoms with Crippen molar-refractivity contribution in [2.24, 2.45) is 0 Å². The molecule has 0 aliphatic carbocycles. The highest BCUT2D eigenvalue weighted by atomic mass is 16.5. The van der Waals surface area contributed by atoms with Gasteiger partial charge >= 0.3 is 0 Å². The maximum atomic E-state index is 5.40. The van der Waals surface area contributed by atoms with E-state index in [1.165, 1.54) is 0 Å². The van der Waals surface area contributed by atoms with Crippen LogP contribution >= 0.6 is 0 Å². The molecule has 1 aliphatic heterocycles. The molecule has 0 spiro atoms. The van der Waals surface area contributed by atoms with E-state index in [9.17, 15) is 0 Å². The molecule has 7 nitrogen and oxygen atoms in total. The zero-order chi connectivity index (χ0) is 14.5. The Hall–Kier alpha value is -2.15. The minimum Gasteiger partial charge on any atom is -0.461 e. The highest BCUT2D eigenvalue weighted by Crippen LogP contribution is 2.20. The number of morpholine rings is 1. The lowest BCUT2D eigenvalue weighted by Crippen LogP contribution is -2.37. The number of aromatic nitrogens is 3. The van der Waals surface area contributed by atoms with E-state index in [1.54, 1.807) is 6.26 Å². The Bertz CT molecular complexity index is 567. The number of anilines is 2. The predicted molar refractivity (Wildman–Crippen MR) is 79.3 cm³/mol. The highest BCUT2D eigenvalue weighted by molar-refractivity contribution is 5.52. The lowest BCUT2D eigenvalue weighted by atomic mass is 10.4. The Kier molecular flexibility index (Phi) is 4.30. The second-order valence-corrected chi connectivity index (χ2v) is 4.79. The van der Waals surface area contributed by atoms with Gasteiger partial charge in [-0.2, -0.15) is 15.0 Å². The van der Waals surface area contributed by atoms with Crippen molar-refractivity contribution in [1.29, 1.82) is 0 Å². The van der Waals surface area contributed by atoms with Crippen LogP contribution in [0.5, 0.6) is 0 Å². The lowest BCUT2D eigenvalue weighted by Gasteiger charge is -2.27. The quantitative estimate of drug-likeness (QED) is 0.899. The van der Waals surface area contributed by atoms with E-state index >= 15 is 0 Å². The van der Waals surface area contributed by atoms with Gasteiger partial charge in [-0.3, -0.25) is 0 Å². The Morgan fingerprint density at radius 2 is 2.10 bits per heavy atom. The van der Waals surface area contributed by atoms with E-state index in [2.05, 4.69) is 32.1 Å². The zero-order valence-corrected chi connectivity index (χ0v) is 12.1. The van der Waals surface area contributed by atoms with Crippen molar-refractivity contribution in [3.8, 4) is 11.6 Å². The van der Waals surface area contributed by atoms with Crippen LogP contribution in [0, 0.1) is 0 Å². The van der Waals surface area contributed by atoms with Gasteiger partial charge in [-0.15, -0.1) is 0 Å². The van der Waals surface area contributed by atoms with Crippen LogP contribution < -0.4 is 10.2 Å². The van der Waals surface area contributed by atoms with Gasteiger partial charge in [-0.1, -0.05) is 6.92 Å². The van der Waals surface area contributed by atoms with Crippen LogP contribution in [0.25, 0.3) is 11.6 Å². The number of nitrogens with zero attached hydrogens (tertiary/aromatic N) is 4. The van der Waals surface area contributed by atoms with Crippen molar-refractivity contribution in [2.45, 2.75) is 13.3 Å². The van der Waals surface area contributed by atoms with Crippen LogP contribution in [-0.4, -0.2) is 47.8 Å². The Labute approximate surface area is 123 Å². The second-order valence-electron chi connectivity index (χ2n) is 4.79. The molecule has 1 fully saturated rings. The number of hydrogen-bond acceptors (Lipinski definition) is 7. The van der Waals surface area contributed by atoms with Crippen molar-refractivity contribution in [3.05, 3.63) is 18.4 Å². The Morgan fingerprint density at radius 3 is 2.81 bits per heavy atom. The molecular weight excluding hydrogens is 270 g/mol. The van der Waals surface area contributed by atoms with Crippen molar-refractivity contribution >= 4 is 11.9 Å². The van der Waals surface area contributed by atoms with E-state index in [4.69, 9.17) is 9.15 Å². The molecule has 0 bridgehead atoms. The molecule has 112 valence electrons. The number of ether oxygens (including phenoxy) is 1. The summed E-state index contributed by atoms with van der Waals surface area (Å²) in [4.78, 5) is 15.6. The summed E-state index contributed by atoms with van der Waals surface area (Å²) in [5.74, 6) is 2.44. The monoisotopic (exact) mass is 289 g/mol. The van der Waals surface area contributed by atoms with Gasteiger partial charge in [-0.05, 0) is 18.6 Å². The van der Waals surface area contributed by atoms with Crippen LogP contribution in [0.2, 0.25) is 0 Å². The summed E-state index contributed by atoms with van der Waals surface area (Å²) < 4.78 is 10.8. The summed E-state index contributed by atoms with van der Waals surface area (Å²) in [5, 5.41) is 3.21. The summed E-state index contributed by atoms with van der Waals surface area (Å²) in [6, 6.07) is 3.68. The molecule has 3 heterocycles. The largest absolute Gasteiger partial charge is 0.461 e. The molecule has 0 amide bonds. The molecule has 7 heteroatoms. The third-order valence-corrected chi connectivity index (χ3v) is 3.19. The average molecular weight is 289 g/mol. The number of nitrogens with one attached hydrogen (secondary N) is 1. The van der Waals surface area contributed by atoms with Crippen LogP contribution in [0.3, 0.4) is 0 Å². The van der Waals surface area contributed by atoms with Crippen LogP contribution in [0.1, 0.15) is 13.3 Å². The van der Waals surface area contributed by atoms with Crippen molar-refractivity contribution in [1.82, 2.24) is 15.0 Å². The van der Waals surface area contributed by atoms with Crippen molar-refractivity contribution < 1.29 is 9.15 Å². The Morgan fingerprint density at radius 1 is 1.24 bits per heavy atom. The van der Waals surface area contributed by atoms with E-state index in [-0.39, 0.29) is 0 Å². The van der Waals surface area contributed by atoms with Gasteiger partial charge in [-0.25, -0.2) is 0 Å². The molecule has 0 aromatic carbocycles. The third-order valence-electron chi connectivity index (χ3n) is 3.19. The number of furan rings is 1. The molecule has 2 aromatic rings. The van der Waals surface area contributed by atoms with E-state index in [0.29, 0.717) is 36.7 Å². The van der Waals surface area contributed by atoms with Gasteiger partial charge in [0.2, 0.25) is 17.7 Å². The van der Waals surface area contributed by atoms with Crippen LogP contribution in [0.15, 0.2) is 22.8 Å². The molecule has 21 heavy (non-hydrogen) atoms. The maximum Gasteiger partial charge on any atom is 0.230 e. The first-order chi connectivity index (χ1) is 10.4. The first-order valence-electron chi connectivity index (χ1n) is 7.23. The first-order valence-corrected chi connectivity index (χ1v) is 7.23. The van der Waals surface area contributed by atoms with Gasteiger partial charge in [0.05, 0.1) is 19.5 Å². The molecular formula is C14H19N5O2. The van der Waals surface area contributed by atoms with Crippen molar-refractivity contribution in [3.63, 3.8) is 0 Å². The molecule has 0 atom stereocenters. The minimum atomic E-state index is 0.551. The summed E-state index contributed by atoms with van der Waals surface area (Å²) in [7, 11) is 0. The topological polar surface area (TPSA) is 76.3 Å². The molecule has 1 N–H and O–H groups in total. The fourth-order valence-electron chi connectivity index (χ4n) is 2.10. The van der Waals surface area contributed by atoms with Crippen LogP contribution in [0.4, 0.5) is 11.9 Å². The van der Waals surface area contributed by atoms with Crippen molar-refractivity contribution in [2.75, 3.05) is 43.1 Å². The van der Waals surface area contributed by atoms with Gasteiger partial charge in [0.15, 0.2) is 5.76 Å². The number of hydrogen-bond donors (Lipinski definition) is 1. The van der Waals surface area contributed by atoms with Gasteiger partial charge in [0, 0.05) is 19.6 Å². The fourth-order valence-corrected chi connectivity index (χ4v) is 2.10. The summed E-state index contributed by atoms with van der Waals surface area (Å²) in [6.45, 7) is 5.89. The average Bonchev–Trinajstić information content (AvgIpc) is 3.08. The standard InChI is InChI=1S/C14H19N5O2/c1-2-5-15-13-16-12(11-4-3-8-21-11)17-14(18-13)19-6-9-20-10-7-19/h3-4,8H,2,5-7,9-10H2,1H3,(H,15,16,17,18). The molecule has 3 rings (SSSR count). The summed E-state index contributed by atoms with van der Waals surface area (Å²) in [5.41, 5.74) is 0. The van der Waals surface area contributed by atoms with E-state index in [1.807, 2.05) is 12.1 Å². The normalized spacial score (nSPS) is 15.2. The van der Waals surface area contributed by atoms with Gasteiger partial charge in [0.1, 0.15) is 0 Å².